The smallest absolute Gasteiger partial charge is 0.275 e. The first-order valence-corrected chi connectivity index (χ1v) is 9.88. The standard InChI is InChI=1S/C21H26BrN3O2/c1-5-25(6-2)18-10-7-16(8-11-18)14-23-24-21(26)19-13-17(22)9-12-20(19)27-15(3)4/h7-15H,5-6H2,1-4H3,(H,24,26)/b23-14+. The fourth-order valence-electron chi connectivity index (χ4n) is 2.62. The molecule has 0 aliphatic heterocycles. The molecule has 0 saturated carbocycles. The molecule has 0 saturated heterocycles. The quantitative estimate of drug-likeness (QED) is 0.480. The van der Waals surface area contributed by atoms with Crippen molar-refractivity contribution in [2.24, 2.45) is 5.10 Å². The Hall–Kier alpha value is -2.34. The number of nitrogens with zero attached hydrogens (tertiary/aromatic N) is 2. The first kappa shape index (κ1) is 21.0. The molecule has 144 valence electrons. The van der Waals surface area contributed by atoms with Gasteiger partial charge in [-0.05, 0) is 63.6 Å². The van der Waals surface area contributed by atoms with E-state index >= 15 is 0 Å². The lowest BCUT2D eigenvalue weighted by atomic mass is 10.2. The Morgan fingerprint density at radius 1 is 1.19 bits per heavy atom. The molecule has 0 heterocycles. The lowest BCUT2D eigenvalue weighted by molar-refractivity contribution is 0.0949. The van der Waals surface area contributed by atoms with Crippen molar-refractivity contribution in [1.29, 1.82) is 0 Å². The Kier molecular flexibility index (Phi) is 7.85. The van der Waals surface area contributed by atoms with Crippen LogP contribution in [0.2, 0.25) is 0 Å². The minimum atomic E-state index is -0.317. The zero-order valence-electron chi connectivity index (χ0n) is 16.2. The number of carbonyl (C=O) groups excluding carboxylic acids is 1. The maximum Gasteiger partial charge on any atom is 0.275 e. The number of nitrogens with one attached hydrogen (secondary N) is 1. The fraction of sp³-hybridized carbons (Fsp3) is 0.333. The fourth-order valence-corrected chi connectivity index (χ4v) is 2.98. The average Bonchev–Trinajstić information content (AvgIpc) is 2.65. The van der Waals surface area contributed by atoms with E-state index in [2.05, 4.69) is 57.3 Å². The van der Waals surface area contributed by atoms with E-state index in [4.69, 9.17) is 4.74 Å². The lowest BCUT2D eigenvalue weighted by Gasteiger charge is -2.20. The molecule has 0 aliphatic carbocycles. The predicted octanol–water partition coefficient (Wildman–Crippen LogP) is 4.85. The summed E-state index contributed by atoms with van der Waals surface area (Å²) in [6.45, 7) is 10.0. The van der Waals surface area contributed by atoms with Gasteiger partial charge in [-0.15, -0.1) is 0 Å². The Bertz CT molecular complexity index is 785. The molecule has 0 fully saturated rings. The molecule has 0 aliphatic rings. The van der Waals surface area contributed by atoms with E-state index < -0.39 is 0 Å². The summed E-state index contributed by atoms with van der Waals surface area (Å²) < 4.78 is 6.51. The van der Waals surface area contributed by atoms with Gasteiger partial charge in [0.1, 0.15) is 5.75 Å². The van der Waals surface area contributed by atoms with Gasteiger partial charge < -0.3 is 9.64 Å². The van der Waals surface area contributed by atoms with Crippen molar-refractivity contribution in [2.45, 2.75) is 33.8 Å². The number of benzene rings is 2. The van der Waals surface area contributed by atoms with Crippen LogP contribution in [-0.4, -0.2) is 31.3 Å². The van der Waals surface area contributed by atoms with E-state index in [-0.39, 0.29) is 12.0 Å². The third kappa shape index (κ3) is 6.10. The second-order valence-electron chi connectivity index (χ2n) is 6.27. The van der Waals surface area contributed by atoms with Crippen LogP contribution in [-0.2, 0) is 0 Å². The van der Waals surface area contributed by atoms with Crippen LogP contribution in [0.5, 0.6) is 5.75 Å². The number of ether oxygens (including phenoxy) is 1. The highest BCUT2D eigenvalue weighted by atomic mass is 79.9. The van der Waals surface area contributed by atoms with Gasteiger partial charge in [0.05, 0.1) is 17.9 Å². The van der Waals surface area contributed by atoms with Crippen LogP contribution in [0, 0.1) is 0 Å². The molecule has 0 spiro atoms. The topological polar surface area (TPSA) is 53.9 Å². The Morgan fingerprint density at radius 2 is 1.85 bits per heavy atom. The minimum absolute atomic E-state index is 0.0226. The van der Waals surface area contributed by atoms with Crippen LogP contribution >= 0.6 is 15.9 Å². The molecule has 1 N–H and O–H groups in total. The highest BCUT2D eigenvalue weighted by Crippen LogP contribution is 2.24. The summed E-state index contributed by atoms with van der Waals surface area (Å²) in [6.07, 6.45) is 1.61. The molecule has 1 amide bonds. The van der Waals surface area contributed by atoms with Gasteiger partial charge >= 0.3 is 0 Å². The Labute approximate surface area is 169 Å². The number of hydrogen-bond acceptors (Lipinski definition) is 4. The molecule has 0 unspecified atom stereocenters. The minimum Gasteiger partial charge on any atom is -0.490 e. The summed E-state index contributed by atoms with van der Waals surface area (Å²) in [5.41, 5.74) is 5.09. The summed E-state index contributed by atoms with van der Waals surface area (Å²) in [7, 11) is 0. The molecule has 2 aromatic carbocycles. The first-order chi connectivity index (χ1) is 12.9. The van der Waals surface area contributed by atoms with Gasteiger partial charge in [0, 0.05) is 23.2 Å². The van der Waals surface area contributed by atoms with Crippen molar-refractivity contribution < 1.29 is 9.53 Å². The van der Waals surface area contributed by atoms with E-state index in [1.54, 1.807) is 18.3 Å². The van der Waals surface area contributed by atoms with Gasteiger partial charge in [0.2, 0.25) is 0 Å². The number of hydrazone groups is 1. The molecule has 2 rings (SSSR count). The van der Waals surface area contributed by atoms with Crippen molar-refractivity contribution >= 4 is 33.7 Å². The van der Waals surface area contributed by atoms with E-state index in [1.165, 1.54) is 5.69 Å². The highest BCUT2D eigenvalue weighted by molar-refractivity contribution is 9.10. The lowest BCUT2D eigenvalue weighted by Crippen LogP contribution is -2.21. The van der Waals surface area contributed by atoms with Crippen LogP contribution in [0.1, 0.15) is 43.6 Å². The maximum absolute atomic E-state index is 12.5. The first-order valence-electron chi connectivity index (χ1n) is 9.09. The summed E-state index contributed by atoms with van der Waals surface area (Å²) in [4.78, 5) is 14.7. The molecule has 0 bridgehead atoms. The summed E-state index contributed by atoms with van der Waals surface area (Å²) in [6, 6.07) is 13.4. The van der Waals surface area contributed by atoms with E-state index in [1.807, 2.05) is 32.0 Å². The number of carbonyl (C=O) groups is 1. The Balaban J connectivity index is 2.06. The molecule has 5 nitrogen and oxygen atoms in total. The van der Waals surface area contributed by atoms with Crippen molar-refractivity contribution in [2.75, 3.05) is 18.0 Å². The largest absolute Gasteiger partial charge is 0.490 e. The van der Waals surface area contributed by atoms with Crippen LogP contribution in [0.3, 0.4) is 0 Å². The van der Waals surface area contributed by atoms with E-state index in [0.29, 0.717) is 11.3 Å². The molecule has 0 aromatic heterocycles. The van der Waals surface area contributed by atoms with Crippen LogP contribution in [0.25, 0.3) is 0 Å². The van der Waals surface area contributed by atoms with Crippen molar-refractivity contribution in [3.8, 4) is 5.75 Å². The van der Waals surface area contributed by atoms with Crippen molar-refractivity contribution in [3.63, 3.8) is 0 Å². The summed E-state index contributed by atoms with van der Waals surface area (Å²) in [5.74, 6) is 0.215. The summed E-state index contributed by atoms with van der Waals surface area (Å²) in [5, 5.41) is 4.07. The van der Waals surface area contributed by atoms with Gasteiger partial charge in [-0.3, -0.25) is 4.79 Å². The number of hydrogen-bond donors (Lipinski definition) is 1. The SMILES string of the molecule is CCN(CC)c1ccc(/C=N/NC(=O)c2cc(Br)ccc2OC(C)C)cc1. The molecule has 0 radical (unpaired) electrons. The highest BCUT2D eigenvalue weighted by Gasteiger charge is 2.14. The number of halogens is 1. The van der Waals surface area contributed by atoms with E-state index in [0.717, 1.165) is 23.1 Å². The summed E-state index contributed by atoms with van der Waals surface area (Å²) >= 11 is 3.39. The van der Waals surface area contributed by atoms with E-state index in [9.17, 15) is 4.79 Å². The van der Waals surface area contributed by atoms with Gasteiger partial charge in [-0.1, -0.05) is 28.1 Å². The monoisotopic (exact) mass is 431 g/mol. The average molecular weight is 432 g/mol. The van der Waals surface area contributed by atoms with Crippen molar-refractivity contribution in [3.05, 3.63) is 58.1 Å². The van der Waals surface area contributed by atoms with Gasteiger partial charge in [0.25, 0.3) is 5.91 Å². The maximum atomic E-state index is 12.5. The third-order valence-electron chi connectivity index (χ3n) is 3.95. The number of amides is 1. The van der Waals surface area contributed by atoms with Crippen LogP contribution in [0.15, 0.2) is 52.0 Å². The number of rotatable bonds is 8. The normalized spacial score (nSPS) is 11.0. The molecular weight excluding hydrogens is 406 g/mol. The second-order valence-corrected chi connectivity index (χ2v) is 7.19. The zero-order valence-corrected chi connectivity index (χ0v) is 17.8. The molecule has 2 aromatic rings. The third-order valence-corrected chi connectivity index (χ3v) is 4.44. The molecule has 0 atom stereocenters. The van der Waals surface area contributed by atoms with Crippen molar-refractivity contribution in [1.82, 2.24) is 5.43 Å². The number of anilines is 1. The van der Waals surface area contributed by atoms with Gasteiger partial charge in [-0.25, -0.2) is 5.43 Å². The Morgan fingerprint density at radius 3 is 2.44 bits per heavy atom. The van der Waals surface area contributed by atoms with Gasteiger partial charge in [-0.2, -0.15) is 5.10 Å². The molecule has 27 heavy (non-hydrogen) atoms. The predicted molar refractivity (Wildman–Crippen MR) is 115 cm³/mol. The zero-order chi connectivity index (χ0) is 19.8. The second kappa shape index (κ2) is 10.1. The van der Waals surface area contributed by atoms with Crippen LogP contribution in [0.4, 0.5) is 5.69 Å². The molecular formula is C21H26BrN3O2. The molecule has 6 heteroatoms. The van der Waals surface area contributed by atoms with Crippen LogP contribution < -0.4 is 15.1 Å². The van der Waals surface area contributed by atoms with Gasteiger partial charge in [0.15, 0.2) is 0 Å².